The minimum atomic E-state index is -0.118. The minimum absolute atomic E-state index is 0. The van der Waals surface area contributed by atoms with Gasteiger partial charge < -0.3 is 10.6 Å². The molecule has 32 heavy (non-hydrogen) atoms. The molecule has 0 bridgehead atoms. The number of likely N-dealkylation sites (tertiary alicyclic amines) is 1. The molecule has 2 aliphatic rings. The Labute approximate surface area is 212 Å². The standard InChI is InChI=1S/C24H34FN5S.HI/c1-3-26-23(28-17-24(10-11-24)21-6-4-5-7-22(21)25)27-14-19-8-12-30(13-9-19)15-20-16-31-18(2)29-20;/h4-7,16,19H,3,8-15,17H2,1-2H3,(H2,26,27,28);1H. The third-order valence-corrected chi connectivity index (χ3v) is 7.32. The van der Waals surface area contributed by atoms with Crippen molar-refractivity contribution in [3.8, 4) is 0 Å². The molecule has 0 unspecified atom stereocenters. The van der Waals surface area contributed by atoms with Crippen LogP contribution in [0, 0.1) is 18.7 Å². The van der Waals surface area contributed by atoms with Crippen molar-refractivity contribution >= 4 is 41.3 Å². The zero-order valence-corrected chi connectivity index (χ0v) is 22.2. The molecule has 1 aliphatic carbocycles. The normalized spacial score (nSPS) is 18.8. The van der Waals surface area contributed by atoms with Gasteiger partial charge in [0, 0.05) is 30.4 Å². The number of hydrogen-bond donors (Lipinski definition) is 2. The molecule has 4 rings (SSSR count). The zero-order chi connectivity index (χ0) is 21.7. The average molecular weight is 572 g/mol. The molecule has 1 aromatic heterocycles. The van der Waals surface area contributed by atoms with Crippen molar-refractivity contribution in [3.63, 3.8) is 0 Å². The first-order chi connectivity index (χ1) is 15.1. The molecule has 5 nitrogen and oxygen atoms in total. The number of benzene rings is 1. The SMILES string of the molecule is CCNC(=NCC1(c2ccccc2F)CC1)NCC1CCN(Cc2csc(C)n2)CC1.I. The van der Waals surface area contributed by atoms with Crippen LogP contribution < -0.4 is 10.6 Å². The molecule has 2 N–H and O–H groups in total. The summed E-state index contributed by atoms with van der Waals surface area (Å²) < 4.78 is 14.3. The molecule has 176 valence electrons. The Morgan fingerprint density at radius 1 is 1.25 bits per heavy atom. The Hall–Kier alpha value is -1.26. The molecular weight excluding hydrogens is 536 g/mol. The van der Waals surface area contributed by atoms with Crippen LogP contribution in [-0.4, -0.2) is 48.6 Å². The van der Waals surface area contributed by atoms with Crippen molar-refractivity contribution in [3.05, 3.63) is 51.7 Å². The van der Waals surface area contributed by atoms with Gasteiger partial charge in [0.2, 0.25) is 0 Å². The van der Waals surface area contributed by atoms with Crippen LogP contribution in [-0.2, 0) is 12.0 Å². The summed E-state index contributed by atoms with van der Waals surface area (Å²) in [7, 11) is 0. The van der Waals surface area contributed by atoms with Crippen LogP contribution in [0.25, 0.3) is 0 Å². The molecule has 0 spiro atoms. The maximum Gasteiger partial charge on any atom is 0.191 e. The van der Waals surface area contributed by atoms with Crippen LogP contribution >= 0.6 is 35.3 Å². The first-order valence-corrected chi connectivity index (χ1v) is 12.4. The van der Waals surface area contributed by atoms with Gasteiger partial charge in [0.05, 0.1) is 17.2 Å². The Morgan fingerprint density at radius 2 is 2.00 bits per heavy atom. The second kappa shape index (κ2) is 11.7. The van der Waals surface area contributed by atoms with Gasteiger partial charge in [-0.25, -0.2) is 9.37 Å². The summed E-state index contributed by atoms with van der Waals surface area (Å²) in [6, 6.07) is 7.16. The third kappa shape index (κ3) is 6.63. The lowest BCUT2D eigenvalue weighted by molar-refractivity contribution is 0.176. The number of nitrogens with one attached hydrogen (secondary N) is 2. The van der Waals surface area contributed by atoms with Crippen molar-refractivity contribution < 1.29 is 4.39 Å². The van der Waals surface area contributed by atoms with E-state index < -0.39 is 0 Å². The number of piperidine rings is 1. The molecular formula is C24H35FIN5S. The lowest BCUT2D eigenvalue weighted by Gasteiger charge is -2.31. The van der Waals surface area contributed by atoms with Crippen LogP contribution in [0.2, 0.25) is 0 Å². The number of aryl methyl sites for hydroxylation is 1. The first kappa shape index (κ1) is 25.4. The van der Waals surface area contributed by atoms with Gasteiger partial charge in [-0.2, -0.15) is 0 Å². The number of aliphatic imine (C=N–C) groups is 1. The molecule has 2 fully saturated rings. The van der Waals surface area contributed by atoms with Crippen molar-refractivity contribution in [1.82, 2.24) is 20.5 Å². The fourth-order valence-corrected chi connectivity index (χ4v) is 5.03. The quantitative estimate of drug-likeness (QED) is 0.274. The Morgan fingerprint density at radius 3 is 2.62 bits per heavy atom. The lowest BCUT2D eigenvalue weighted by Crippen LogP contribution is -2.43. The van der Waals surface area contributed by atoms with E-state index in [0.29, 0.717) is 12.5 Å². The smallest absolute Gasteiger partial charge is 0.191 e. The van der Waals surface area contributed by atoms with Gasteiger partial charge in [-0.05, 0) is 70.2 Å². The van der Waals surface area contributed by atoms with Gasteiger partial charge in [0.15, 0.2) is 5.96 Å². The van der Waals surface area contributed by atoms with E-state index in [4.69, 9.17) is 4.99 Å². The number of thiazole rings is 1. The number of aromatic nitrogens is 1. The number of nitrogens with zero attached hydrogens (tertiary/aromatic N) is 3. The van der Waals surface area contributed by atoms with Crippen molar-refractivity contribution in [1.29, 1.82) is 0 Å². The van der Waals surface area contributed by atoms with Crippen LogP contribution in [0.3, 0.4) is 0 Å². The summed E-state index contributed by atoms with van der Waals surface area (Å²) in [4.78, 5) is 11.9. The highest BCUT2D eigenvalue weighted by atomic mass is 127. The van der Waals surface area contributed by atoms with E-state index in [1.165, 1.54) is 18.5 Å². The summed E-state index contributed by atoms with van der Waals surface area (Å²) >= 11 is 1.73. The fourth-order valence-electron chi connectivity index (χ4n) is 4.43. The monoisotopic (exact) mass is 571 g/mol. The highest BCUT2D eigenvalue weighted by molar-refractivity contribution is 14.0. The second-order valence-electron chi connectivity index (χ2n) is 8.91. The summed E-state index contributed by atoms with van der Waals surface area (Å²) in [5, 5.41) is 10.2. The fraction of sp³-hybridized carbons (Fsp3) is 0.583. The van der Waals surface area contributed by atoms with Crippen LogP contribution in [0.1, 0.15) is 48.9 Å². The number of guanidine groups is 1. The van der Waals surface area contributed by atoms with Crippen molar-refractivity contribution in [2.24, 2.45) is 10.9 Å². The number of rotatable bonds is 8. The highest BCUT2D eigenvalue weighted by Crippen LogP contribution is 2.49. The average Bonchev–Trinajstić information content (AvgIpc) is 3.45. The molecule has 0 radical (unpaired) electrons. The molecule has 1 aromatic carbocycles. The van der Waals surface area contributed by atoms with E-state index in [1.807, 2.05) is 12.1 Å². The van der Waals surface area contributed by atoms with Gasteiger partial charge in [-0.3, -0.25) is 9.89 Å². The van der Waals surface area contributed by atoms with E-state index in [2.05, 4.69) is 39.7 Å². The number of halogens is 2. The van der Waals surface area contributed by atoms with Gasteiger partial charge in [-0.1, -0.05) is 18.2 Å². The maximum atomic E-state index is 14.3. The van der Waals surface area contributed by atoms with E-state index >= 15 is 0 Å². The minimum Gasteiger partial charge on any atom is -0.357 e. The summed E-state index contributed by atoms with van der Waals surface area (Å²) in [5.41, 5.74) is 1.90. The summed E-state index contributed by atoms with van der Waals surface area (Å²) in [6.45, 7) is 9.74. The largest absolute Gasteiger partial charge is 0.357 e. The van der Waals surface area contributed by atoms with Gasteiger partial charge in [0.1, 0.15) is 5.82 Å². The predicted octanol–water partition coefficient (Wildman–Crippen LogP) is 4.71. The van der Waals surface area contributed by atoms with E-state index in [-0.39, 0.29) is 35.2 Å². The molecule has 8 heteroatoms. The van der Waals surface area contributed by atoms with Gasteiger partial charge in [0.25, 0.3) is 0 Å². The predicted molar refractivity (Wildman–Crippen MR) is 142 cm³/mol. The van der Waals surface area contributed by atoms with E-state index in [9.17, 15) is 4.39 Å². The molecule has 2 heterocycles. The highest BCUT2D eigenvalue weighted by Gasteiger charge is 2.45. The van der Waals surface area contributed by atoms with Crippen LogP contribution in [0.15, 0.2) is 34.6 Å². The second-order valence-corrected chi connectivity index (χ2v) is 9.98. The van der Waals surface area contributed by atoms with Crippen molar-refractivity contribution in [2.45, 2.75) is 51.5 Å². The molecule has 1 saturated heterocycles. The van der Waals surface area contributed by atoms with Crippen LogP contribution in [0.5, 0.6) is 0 Å². The van der Waals surface area contributed by atoms with Crippen molar-refractivity contribution in [2.75, 3.05) is 32.7 Å². The Balaban J connectivity index is 0.00000289. The molecule has 0 amide bonds. The lowest BCUT2D eigenvalue weighted by atomic mass is 9.95. The molecule has 1 saturated carbocycles. The topological polar surface area (TPSA) is 52.6 Å². The van der Waals surface area contributed by atoms with Gasteiger partial charge >= 0.3 is 0 Å². The number of hydrogen-bond acceptors (Lipinski definition) is 4. The first-order valence-electron chi connectivity index (χ1n) is 11.5. The Kier molecular flexibility index (Phi) is 9.31. The third-order valence-electron chi connectivity index (χ3n) is 6.50. The summed E-state index contributed by atoms with van der Waals surface area (Å²) in [5.74, 6) is 1.40. The van der Waals surface area contributed by atoms with Gasteiger partial charge in [-0.15, -0.1) is 35.3 Å². The molecule has 2 aromatic rings. The molecule has 1 aliphatic heterocycles. The molecule has 0 atom stereocenters. The maximum absolute atomic E-state index is 14.3. The Bertz CT molecular complexity index is 890. The van der Waals surface area contributed by atoms with E-state index in [1.54, 1.807) is 23.5 Å². The summed E-state index contributed by atoms with van der Waals surface area (Å²) in [6.07, 6.45) is 4.39. The van der Waals surface area contributed by atoms with Crippen LogP contribution in [0.4, 0.5) is 4.39 Å². The zero-order valence-electron chi connectivity index (χ0n) is 19.1. The van der Waals surface area contributed by atoms with E-state index in [0.717, 1.165) is 62.1 Å².